The molecule has 2 unspecified atom stereocenters. The molecule has 2 heteroatoms. The summed E-state index contributed by atoms with van der Waals surface area (Å²) in [5.74, 6) is 0.593. The Bertz CT molecular complexity index is 383. The van der Waals surface area contributed by atoms with Gasteiger partial charge in [0.2, 0.25) is 0 Å². The van der Waals surface area contributed by atoms with E-state index in [2.05, 4.69) is 24.4 Å². The first-order chi connectivity index (χ1) is 8.79. The van der Waals surface area contributed by atoms with Gasteiger partial charge in [-0.2, -0.15) is 0 Å². The Balaban J connectivity index is 1.88. The number of rotatable bonds is 5. The van der Waals surface area contributed by atoms with Crippen molar-refractivity contribution in [1.29, 1.82) is 0 Å². The van der Waals surface area contributed by atoms with Crippen LogP contribution in [0.3, 0.4) is 0 Å². The second-order valence-electron chi connectivity index (χ2n) is 5.07. The molecule has 0 amide bonds. The van der Waals surface area contributed by atoms with Gasteiger partial charge >= 0.3 is 0 Å². The van der Waals surface area contributed by atoms with Gasteiger partial charge in [0.05, 0.1) is 0 Å². The first-order valence-electron chi connectivity index (χ1n) is 6.93. The average Bonchev–Trinajstić information content (AvgIpc) is 2.42. The molecular formula is C16H22FN. The lowest BCUT2D eigenvalue weighted by atomic mass is 9.93. The van der Waals surface area contributed by atoms with Crippen molar-refractivity contribution in [2.24, 2.45) is 5.92 Å². The Labute approximate surface area is 109 Å². The second-order valence-corrected chi connectivity index (χ2v) is 5.07. The molecule has 1 aliphatic rings. The Hall–Kier alpha value is -1.15. The van der Waals surface area contributed by atoms with Gasteiger partial charge in [0, 0.05) is 6.04 Å². The van der Waals surface area contributed by atoms with Gasteiger partial charge in [-0.05, 0) is 55.8 Å². The third-order valence-corrected chi connectivity index (χ3v) is 3.71. The summed E-state index contributed by atoms with van der Waals surface area (Å²) >= 11 is 0. The van der Waals surface area contributed by atoms with Gasteiger partial charge in [0.15, 0.2) is 0 Å². The molecule has 0 saturated carbocycles. The molecule has 0 fully saturated rings. The Morgan fingerprint density at radius 3 is 2.67 bits per heavy atom. The number of allylic oxidation sites excluding steroid dienone is 2. The van der Waals surface area contributed by atoms with Crippen molar-refractivity contribution in [2.75, 3.05) is 6.54 Å². The second kappa shape index (κ2) is 6.69. The van der Waals surface area contributed by atoms with Crippen LogP contribution in [0.1, 0.15) is 44.2 Å². The van der Waals surface area contributed by atoms with E-state index in [0.717, 1.165) is 18.9 Å². The molecule has 1 aromatic carbocycles. The van der Waals surface area contributed by atoms with Gasteiger partial charge in [0.25, 0.3) is 0 Å². The van der Waals surface area contributed by atoms with E-state index in [0.29, 0.717) is 6.04 Å². The largest absolute Gasteiger partial charge is 0.310 e. The molecule has 1 N–H and O–H groups in total. The van der Waals surface area contributed by atoms with Crippen molar-refractivity contribution in [1.82, 2.24) is 5.32 Å². The summed E-state index contributed by atoms with van der Waals surface area (Å²) in [5.41, 5.74) is 1.19. The van der Waals surface area contributed by atoms with Crippen molar-refractivity contribution >= 4 is 0 Å². The lowest BCUT2D eigenvalue weighted by Crippen LogP contribution is -2.27. The molecule has 2 rings (SSSR count). The quantitative estimate of drug-likeness (QED) is 0.768. The van der Waals surface area contributed by atoms with E-state index in [-0.39, 0.29) is 5.82 Å². The monoisotopic (exact) mass is 247 g/mol. The van der Waals surface area contributed by atoms with Crippen LogP contribution in [-0.2, 0) is 0 Å². The topological polar surface area (TPSA) is 12.0 Å². The molecule has 0 aliphatic heterocycles. The summed E-state index contributed by atoms with van der Waals surface area (Å²) in [4.78, 5) is 0. The zero-order chi connectivity index (χ0) is 12.8. The smallest absolute Gasteiger partial charge is 0.123 e. The van der Waals surface area contributed by atoms with E-state index in [4.69, 9.17) is 0 Å². The summed E-state index contributed by atoms with van der Waals surface area (Å²) in [5, 5.41) is 3.62. The molecule has 1 aliphatic carbocycles. The SMILES string of the molecule is CCC(NCC1CC=CCC1)c1ccc(F)cc1. The zero-order valence-corrected chi connectivity index (χ0v) is 11.0. The zero-order valence-electron chi connectivity index (χ0n) is 11.0. The van der Waals surface area contributed by atoms with Crippen LogP contribution < -0.4 is 5.32 Å². The molecule has 98 valence electrons. The van der Waals surface area contributed by atoms with Crippen LogP contribution in [0.15, 0.2) is 36.4 Å². The highest BCUT2D eigenvalue weighted by Gasteiger charge is 2.13. The molecule has 0 spiro atoms. The van der Waals surface area contributed by atoms with Crippen molar-refractivity contribution in [2.45, 2.75) is 38.6 Å². The predicted molar refractivity (Wildman–Crippen MR) is 73.9 cm³/mol. The number of benzene rings is 1. The number of hydrogen-bond donors (Lipinski definition) is 1. The standard InChI is InChI=1S/C16H22FN/c1-2-16(14-8-10-15(17)11-9-14)18-12-13-6-4-3-5-7-13/h3-4,8-11,13,16,18H,2,5-7,12H2,1H3. The normalized spacial score (nSPS) is 20.9. The van der Waals surface area contributed by atoms with Gasteiger partial charge in [-0.15, -0.1) is 0 Å². The van der Waals surface area contributed by atoms with Crippen LogP contribution in [0, 0.1) is 11.7 Å². The highest BCUT2D eigenvalue weighted by molar-refractivity contribution is 5.19. The van der Waals surface area contributed by atoms with Gasteiger partial charge < -0.3 is 5.32 Å². The van der Waals surface area contributed by atoms with Crippen LogP contribution in [0.5, 0.6) is 0 Å². The minimum atomic E-state index is -0.161. The first kappa shape index (κ1) is 13.3. The average molecular weight is 247 g/mol. The molecule has 0 aromatic heterocycles. The van der Waals surface area contributed by atoms with Crippen molar-refractivity contribution in [3.05, 3.63) is 47.8 Å². The van der Waals surface area contributed by atoms with Gasteiger partial charge in [-0.3, -0.25) is 0 Å². The molecule has 1 aromatic rings. The maximum absolute atomic E-state index is 12.9. The molecule has 0 saturated heterocycles. The van der Waals surface area contributed by atoms with E-state index in [9.17, 15) is 4.39 Å². The number of halogens is 1. The molecule has 0 bridgehead atoms. The molecular weight excluding hydrogens is 225 g/mol. The van der Waals surface area contributed by atoms with E-state index in [1.54, 1.807) is 12.1 Å². The third kappa shape index (κ3) is 3.67. The Kier molecular flexibility index (Phi) is 4.94. The maximum atomic E-state index is 12.9. The van der Waals surface area contributed by atoms with E-state index < -0.39 is 0 Å². The van der Waals surface area contributed by atoms with E-state index in [1.165, 1.54) is 24.8 Å². The summed E-state index contributed by atoms with van der Waals surface area (Å²) < 4.78 is 12.9. The van der Waals surface area contributed by atoms with Crippen molar-refractivity contribution < 1.29 is 4.39 Å². The van der Waals surface area contributed by atoms with Gasteiger partial charge in [-0.25, -0.2) is 4.39 Å². The minimum absolute atomic E-state index is 0.161. The summed E-state index contributed by atoms with van der Waals surface area (Å²) in [7, 11) is 0. The Morgan fingerprint density at radius 1 is 1.28 bits per heavy atom. The fourth-order valence-corrected chi connectivity index (χ4v) is 2.54. The van der Waals surface area contributed by atoms with E-state index in [1.807, 2.05) is 12.1 Å². The molecule has 2 atom stereocenters. The third-order valence-electron chi connectivity index (χ3n) is 3.71. The van der Waals surface area contributed by atoms with Crippen LogP contribution in [-0.4, -0.2) is 6.54 Å². The lowest BCUT2D eigenvalue weighted by Gasteiger charge is -2.23. The highest BCUT2D eigenvalue weighted by Crippen LogP contribution is 2.21. The number of nitrogens with one attached hydrogen (secondary N) is 1. The minimum Gasteiger partial charge on any atom is -0.310 e. The fourth-order valence-electron chi connectivity index (χ4n) is 2.54. The molecule has 0 radical (unpaired) electrons. The van der Waals surface area contributed by atoms with Crippen LogP contribution in [0.2, 0.25) is 0 Å². The lowest BCUT2D eigenvalue weighted by molar-refractivity contribution is 0.400. The van der Waals surface area contributed by atoms with Crippen molar-refractivity contribution in [3.8, 4) is 0 Å². The summed E-state index contributed by atoms with van der Waals surface area (Å²) in [6.07, 6.45) is 9.27. The maximum Gasteiger partial charge on any atom is 0.123 e. The van der Waals surface area contributed by atoms with Crippen LogP contribution >= 0.6 is 0 Å². The fraction of sp³-hybridized carbons (Fsp3) is 0.500. The van der Waals surface area contributed by atoms with E-state index >= 15 is 0 Å². The first-order valence-corrected chi connectivity index (χ1v) is 6.93. The van der Waals surface area contributed by atoms with Crippen molar-refractivity contribution in [3.63, 3.8) is 0 Å². The molecule has 0 heterocycles. The van der Waals surface area contributed by atoms with Crippen LogP contribution in [0.25, 0.3) is 0 Å². The summed E-state index contributed by atoms with van der Waals surface area (Å²) in [6.45, 7) is 3.22. The summed E-state index contributed by atoms with van der Waals surface area (Å²) in [6, 6.07) is 7.21. The van der Waals surface area contributed by atoms with Gasteiger partial charge in [-0.1, -0.05) is 31.2 Å². The van der Waals surface area contributed by atoms with Crippen LogP contribution in [0.4, 0.5) is 4.39 Å². The van der Waals surface area contributed by atoms with Gasteiger partial charge in [0.1, 0.15) is 5.82 Å². The molecule has 18 heavy (non-hydrogen) atoms. The number of hydrogen-bond acceptors (Lipinski definition) is 1. The predicted octanol–water partition coefficient (Wildman–Crippen LogP) is 4.22. The highest BCUT2D eigenvalue weighted by atomic mass is 19.1. The molecule has 1 nitrogen and oxygen atoms in total. The Morgan fingerprint density at radius 2 is 2.06 bits per heavy atom.